The van der Waals surface area contributed by atoms with Gasteiger partial charge in [0.2, 0.25) is 11.1 Å². The van der Waals surface area contributed by atoms with Crippen molar-refractivity contribution in [2.45, 2.75) is 11.7 Å². The minimum absolute atomic E-state index is 0.0618. The van der Waals surface area contributed by atoms with Gasteiger partial charge in [-0.25, -0.2) is 4.68 Å². The second-order valence-corrected chi connectivity index (χ2v) is 6.44. The van der Waals surface area contributed by atoms with E-state index in [0.717, 1.165) is 11.3 Å². The maximum absolute atomic E-state index is 12.3. The molecule has 2 heterocycles. The summed E-state index contributed by atoms with van der Waals surface area (Å²) in [5.41, 5.74) is 0.734. The van der Waals surface area contributed by atoms with Gasteiger partial charge in [0.15, 0.2) is 5.82 Å². The lowest BCUT2D eigenvalue weighted by molar-refractivity contribution is -0.127. The molecule has 0 spiro atoms. The molecule has 0 aliphatic heterocycles. The summed E-state index contributed by atoms with van der Waals surface area (Å²) in [6.07, 6.45) is 1.58. The van der Waals surface area contributed by atoms with Gasteiger partial charge in [0, 0.05) is 7.05 Å². The van der Waals surface area contributed by atoms with Crippen LogP contribution in [0.25, 0.3) is 11.4 Å². The molecular formula is C17H19N5O3S. The molecule has 0 bridgehead atoms. The Hall–Kier alpha value is -2.94. The summed E-state index contributed by atoms with van der Waals surface area (Å²) in [7, 11) is 3.30. The van der Waals surface area contributed by atoms with E-state index in [0.29, 0.717) is 23.3 Å². The Balaban J connectivity index is 1.66. The number of hydrogen-bond donors (Lipinski definition) is 1. The van der Waals surface area contributed by atoms with E-state index in [1.807, 2.05) is 30.3 Å². The fourth-order valence-electron chi connectivity index (χ4n) is 2.35. The third kappa shape index (κ3) is 3.83. The highest BCUT2D eigenvalue weighted by Crippen LogP contribution is 2.29. The first-order valence-corrected chi connectivity index (χ1v) is 8.81. The lowest BCUT2D eigenvalue weighted by Gasteiger charge is -2.15. The molecule has 0 saturated heterocycles. The average molecular weight is 373 g/mol. The highest BCUT2D eigenvalue weighted by atomic mass is 32.2. The molecule has 2 aromatic heterocycles. The normalized spacial score (nSPS) is 10.7. The van der Waals surface area contributed by atoms with Crippen molar-refractivity contribution in [3.05, 3.63) is 48.4 Å². The first kappa shape index (κ1) is 17.9. The van der Waals surface area contributed by atoms with Crippen LogP contribution in [0, 0.1) is 0 Å². The van der Waals surface area contributed by atoms with Crippen LogP contribution in [-0.4, -0.2) is 45.6 Å². The van der Waals surface area contributed by atoms with Gasteiger partial charge in [0.05, 0.1) is 31.2 Å². The number of aromatic nitrogens is 3. The van der Waals surface area contributed by atoms with Crippen LogP contribution in [-0.2, 0) is 11.3 Å². The lowest BCUT2D eigenvalue weighted by atomic mass is 10.2. The molecule has 0 radical (unpaired) electrons. The zero-order chi connectivity index (χ0) is 18.5. The number of amides is 1. The van der Waals surface area contributed by atoms with Crippen LogP contribution < -0.4 is 10.6 Å². The van der Waals surface area contributed by atoms with E-state index >= 15 is 0 Å². The minimum Gasteiger partial charge on any atom is -0.496 e. The summed E-state index contributed by atoms with van der Waals surface area (Å²) in [6.45, 7) is 0.411. The van der Waals surface area contributed by atoms with Gasteiger partial charge in [0.1, 0.15) is 11.5 Å². The van der Waals surface area contributed by atoms with Gasteiger partial charge < -0.3 is 19.9 Å². The van der Waals surface area contributed by atoms with Crippen molar-refractivity contribution in [1.29, 1.82) is 0 Å². The van der Waals surface area contributed by atoms with Gasteiger partial charge in [-0.15, -0.1) is 10.2 Å². The van der Waals surface area contributed by atoms with E-state index in [4.69, 9.17) is 15.0 Å². The molecule has 26 heavy (non-hydrogen) atoms. The minimum atomic E-state index is -0.0618. The fraction of sp³-hybridized carbons (Fsp3) is 0.235. The summed E-state index contributed by atoms with van der Waals surface area (Å²) in [6, 6.07) is 11.0. The number of rotatable bonds is 7. The second kappa shape index (κ2) is 7.96. The summed E-state index contributed by atoms with van der Waals surface area (Å²) in [4.78, 5) is 13.9. The molecule has 0 saturated carbocycles. The van der Waals surface area contributed by atoms with Crippen LogP contribution in [0.5, 0.6) is 5.75 Å². The topological polar surface area (TPSA) is 99.4 Å². The van der Waals surface area contributed by atoms with Crippen molar-refractivity contribution in [2.24, 2.45) is 0 Å². The predicted molar refractivity (Wildman–Crippen MR) is 98.1 cm³/mol. The maximum atomic E-state index is 12.3. The number of benzene rings is 1. The van der Waals surface area contributed by atoms with Gasteiger partial charge in [-0.3, -0.25) is 4.79 Å². The molecule has 0 unspecified atom stereocenters. The third-order valence-electron chi connectivity index (χ3n) is 3.74. The van der Waals surface area contributed by atoms with Crippen molar-refractivity contribution in [2.75, 3.05) is 25.8 Å². The maximum Gasteiger partial charge on any atom is 0.233 e. The Morgan fingerprint density at radius 3 is 2.85 bits per heavy atom. The highest BCUT2D eigenvalue weighted by molar-refractivity contribution is 7.99. The van der Waals surface area contributed by atoms with Gasteiger partial charge in [0.25, 0.3) is 0 Å². The van der Waals surface area contributed by atoms with Crippen molar-refractivity contribution in [1.82, 2.24) is 19.8 Å². The molecule has 0 aliphatic carbocycles. The quantitative estimate of drug-likeness (QED) is 0.499. The Labute approximate surface area is 154 Å². The Morgan fingerprint density at radius 2 is 2.12 bits per heavy atom. The Morgan fingerprint density at radius 1 is 1.31 bits per heavy atom. The van der Waals surface area contributed by atoms with E-state index in [1.165, 1.54) is 16.4 Å². The van der Waals surface area contributed by atoms with E-state index in [1.54, 1.807) is 31.4 Å². The molecule has 0 atom stereocenters. The number of methoxy groups -OCH3 is 1. The molecule has 8 nitrogen and oxygen atoms in total. The summed E-state index contributed by atoms with van der Waals surface area (Å²) >= 11 is 1.23. The molecule has 136 valence electrons. The van der Waals surface area contributed by atoms with Gasteiger partial charge in [-0.1, -0.05) is 23.9 Å². The summed E-state index contributed by atoms with van der Waals surface area (Å²) in [5.74, 6) is 8.09. The number of hydrogen-bond acceptors (Lipinski definition) is 7. The molecule has 3 aromatic rings. The average Bonchev–Trinajstić information content (AvgIpc) is 3.29. The predicted octanol–water partition coefficient (Wildman–Crippen LogP) is 2.01. The first-order chi connectivity index (χ1) is 12.6. The van der Waals surface area contributed by atoms with E-state index in [-0.39, 0.29) is 11.7 Å². The number of nitrogen functional groups attached to an aromatic ring is 1. The number of ether oxygens (including phenoxy) is 1. The van der Waals surface area contributed by atoms with E-state index < -0.39 is 0 Å². The molecule has 3 rings (SSSR count). The Kier molecular flexibility index (Phi) is 5.47. The smallest absolute Gasteiger partial charge is 0.233 e. The van der Waals surface area contributed by atoms with Gasteiger partial charge in [-0.2, -0.15) is 0 Å². The monoisotopic (exact) mass is 373 g/mol. The zero-order valence-electron chi connectivity index (χ0n) is 14.5. The molecule has 0 aliphatic rings. The van der Waals surface area contributed by atoms with Gasteiger partial charge >= 0.3 is 0 Å². The SMILES string of the molecule is COc1ccccc1-c1nnc(SCC(=O)N(C)Cc2ccco2)n1N. The molecule has 2 N–H and O–H groups in total. The van der Waals surface area contributed by atoms with Crippen LogP contribution >= 0.6 is 11.8 Å². The number of nitrogens with zero attached hydrogens (tertiary/aromatic N) is 4. The summed E-state index contributed by atoms with van der Waals surface area (Å²) < 4.78 is 11.9. The van der Waals surface area contributed by atoms with Crippen molar-refractivity contribution >= 4 is 17.7 Å². The van der Waals surface area contributed by atoms with E-state index in [2.05, 4.69) is 10.2 Å². The van der Waals surface area contributed by atoms with Gasteiger partial charge in [-0.05, 0) is 24.3 Å². The summed E-state index contributed by atoms with van der Waals surface area (Å²) in [5, 5.41) is 8.66. The fourth-order valence-corrected chi connectivity index (χ4v) is 3.15. The molecule has 9 heteroatoms. The number of para-hydroxylation sites is 1. The second-order valence-electron chi connectivity index (χ2n) is 5.49. The standard InChI is InChI=1S/C17H19N5O3S/c1-21(10-12-6-5-9-25-12)15(23)11-26-17-20-19-16(22(17)18)13-7-3-4-8-14(13)24-2/h3-9H,10-11,18H2,1-2H3. The van der Waals surface area contributed by atoms with E-state index in [9.17, 15) is 4.79 Å². The molecular weight excluding hydrogens is 354 g/mol. The number of nitrogens with two attached hydrogens (primary N) is 1. The van der Waals surface area contributed by atoms with Crippen molar-refractivity contribution < 1.29 is 13.9 Å². The number of carbonyl (C=O) groups is 1. The van der Waals surface area contributed by atoms with Crippen LogP contribution in [0.4, 0.5) is 0 Å². The van der Waals surface area contributed by atoms with Crippen molar-refractivity contribution in [3.8, 4) is 17.1 Å². The highest BCUT2D eigenvalue weighted by Gasteiger charge is 2.18. The lowest BCUT2D eigenvalue weighted by Crippen LogP contribution is -2.27. The van der Waals surface area contributed by atoms with Crippen molar-refractivity contribution in [3.63, 3.8) is 0 Å². The van der Waals surface area contributed by atoms with Crippen LogP contribution in [0.15, 0.2) is 52.2 Å². The molecule has 0 fully saturated rings. The van der Waals surface area contributed by atoms with Crippen LogP contribution in [0.2, 0.25) is 0 Å². The van der Waals surface area contributed by atoms with Crippen LogP contribution in [0.3, 0.4) is 0 Å². The Bertz CT molecular complexity index is 878. The number of thioether (sulfide) groups is 1. The van der Waals surface area contributed by atoms with Crippen LogP contribution in [0.1, 0.15) is 5.76 Å². The third-order valence-corrected chi connectivity index (χ3v) is 4.66. The molecule has 1 aromatic carbocycles. The number of carbonyl (C=O) groups excluding carboxylic acids is 1. The largest absolute Gasteiger partial charge is 0.496 e. The first-order valence-electron chi connectivity index (χ1n) is 7.83. The number of furan rings is 1. The zero-order valence-corrected chi connectivity index (χ0v) is 15.3. The molecule has 1 amide bonds.